The highest BCUT2D eigenvalue weighted by Crippen LogP contribution is 2.30. The molecule has 1 amide bonds. The molecule has 2 rings (SSSR count). The van der Waals surface area contributed by atoms with Gasteiger partial charge in [-0.15, -0.1) is 0 Å². The number of hydrogen-bond acceptors (Lipinski definition) is 6. The van der Waals surface area contributed by atoms with E-state index in [9.17, 15) is 25.0 Å². The second kappa shape index (κ2) is 7.04. The Morgan fingerprint density at radius 1 is 1.12 bits per heavy atom. The van der Waals surface area contributed by atoms with E-state index in [0.717, 1.165) is 12.1 Å². The average Bonchev–Trinajstić information content (AvgIpc) is 2.54. The summed E-state index contributed by atoms with van der Waals surface area (Å²) in [5.41, 5.74) is -0.387. The largest absolute Gasteiger partial charge is 0.495 e. The maximum absolute atomic E-state index is 12.3. The summed E-state index contributed by atoms with van der Waals surface area (Å²) < 4.78 is 5.28. The fourth-order valence-corrected chi connectivity index (χ4v) is 2.29. The van der Waals surface area contributed by atoms with Crippen molar-refractivity contribution < 1.29 is 19.4 Å². The number of nitro groups is 2. The van der Waals surface area contributed by atoms with Crippen molar-refractivity contribution in [3.05, 3.63) is 66.7 Å². The highest BCUT2D eigenvalue weighted by atomic mass is 79.9. The molecule has 0 spiro atoms. The summed E-state index contributed by atoms with van der Waals surface area (Å²) >= 11 is 3.03. The molecule has 10 heteroatoms. The quantitative estimate of drug-likeness (QED) is 0.609. The lowest BCUT2D eigenvalue weighted by Gasteiger charge is -2.10. The van der Waals surface area contributed by atoms with Crippen LogP contribution in [0.2, 0.25) is 0 Å². The smallest absolute Gasteiger partial charge is 0.284 e. The number of nitrogens with zero attached hydrogens (tertiary/aromatic N) is 2. The van der Waals surface area contributed by atoms with E-state index in [1.54, 1.807) is 0 Å². The van der Waals surface area contributed by atoms with Crippen molar-refractivity contribution in [1.29, 1.82) is 0 Å². The van der Waals surface area contributed by atoms with E-state index in [2.05, 4.69) is 21.2 Å². The summed E-state index contributed by atoms with van der Waals surface area (Å²) in [7, 11) is 1.35. The summed E-state index contributed by atoms with van der Waals surface area (Å²) in [6.07, 6.45) is 0. The van der Waals surface area contributed by atoms with Crippen molar-refractivity contribution in [2.45, 2.75) is 0 Å². The van der Waals surface area contributed by atoms with Gasteiger partial charge < -0.3 is 10.1 Å². The van der Waals surface area contributed by atoms with Crippen LogP contribution in [0.25, 0.3) is 0 Å². The lowest BCUT2D eigenvalue weighted by atomic mass is 10.1. The SMILES string of the molecule is COc1ccc([N+](=O)[O-])cc1NC(=O)c1ccc(Br)c([N+](=O)[O-])c1. The molecule has 2 aromatic rings. The normalized spacial score (nSPS) is 10.1. The molecule has 0 saturated carbocycles. The van der Waals surface area contributed by atoms with E-state index in [1.807, 2.05) is 0 Å². The minimum Gasteiger partial charge on any atom is -0.495 e. The van der Waals surface area contributed by atoms with E-state index in [1.165, 1.54) is 31.4 Å². The molecule has 0 aliphatic carbocycles. The van der Waals surface area contributed by atoms with E-state index < -0.39 is 15.8 Å². The molecule has 0 saturated heterocycles. The number of hydrogen-bond donors (Lipinski definition) is 1. The molecule has 2 aromatic carbocycles. The van der Waals surface area contributed by atoms with Crippen LogP contribution in [0.4, 0.5) is 17.1 Å². The zero-order valence-electron chi connectivity index (χ0n) is 12.2. The highest BCUT2D eigenvalue weighted by Gasteiger charge is 2.18. The number of nitro benzene ring substituents is 2. The predicted octanol–water partition coefficient (Wildman–Crippen LogP) is 3.53. The molecule has 0 fully saturated rings. The lowest BCUT2D eigenvalue weighted by molar-refractivity contribution is -0.385. The van der Waals surface area contributed by atoms with Crippen LogP contribution in [-0.2, 0) is 0 Å². The van der Waals surface area contributed by atoms with Crippen molar-refractivity contribution in [3.63, 3.8) is 0 Å². The van der Waals surface area contributed by atoms with Crippen molar-refractivity contribution in [2.75, 3.05) is 12.4 Å². The number of nitrogens with one attached hydrogen (secondary N) is 1. The number of benzene rings is 2. The summed E-state index contributed by atoms with van der Waals surface area (Å²) in [6, 6.07) is 7.58. The van der Waals surface area contributed by atoms with Gasteiger partial charge in [-0.2, -0.15) is 0 Å². The molecular weight excluding hydrogens is 386 g/mol. The first-order valence-electron chi connectivity index (χ1n) is 6.41. The van der Waals surface area contributed by atoms with Gasteiger partial charge in [0, 0.05) is 23.8 Å². The van der Waals surface area contributed by atoms with Gasteiger partial charge in [0.05, 0.1) is 27.1 Å². The van der Waals surface area contributed by atoms with E-state index >= 15 is 0 Å². The van der Waals surface area contributed by atoms with E-state index in [-0.39, 0.29) is 32.8 Å². The molecule has 9 nitrogen and oxygen atoms in total. The van der Waals surface area contributed by atoms with E-state index in [4.69, 9.17) is 4.74 Å². The maximum Gasteiger partial charge on any atom is 0.284 e. The number of carbonyl (C=O) groups excluding carboxylic acids is 1. The molecule has 124 valence electrons. The van der Waals surface area contributed by atoms with Gasteiger partial charge in [-0.1, -0.05) is 0 Å². The molecular formula is C14H10BrN3O6. The number of halogens is 1. The topological polar surface area (TPSA) is 125 Å². The van der Waals surface area contributed by atoms with Crippen molar-refractivity contribution in [3.8, 4) is 5.75 Å². The zero-order chi connectivity index (χ0) is 17.9. The van der Waals surface area contributed by atoms with Gasteiger partial charge in [0.15, 0.2) is 0 Å². The standard InChI is InChI=1S/C14H10BrN3O6/c1-24-13-5-3-9(17(20)21)7-11(13)16-14(19)8-2-4-10(15)12(6-8)18(22)23/h2-7H,1H3,(H,16,19). The third-order valence-electron chi connectivity index (χ3n) is 3.05. The number of amides is 1. The molecule has 0 heterocycles. The van der Waals surface area contributed by atoms with Crippen LogP contribution >= 0.6 is 15.9 Å². The van der Waals surface area contributed by atoms with Crippen LogP contribution in [0.15, 0.2) is 40.9 Å². The number of non-ortho nitro benzene ring substituents is 1. The Labute approximate surface area is 143 Å². The monoisotopic (exact) mass is 395 g/mol. The first-order chi connectivity index (χ1) is 11.3. The third-order valence-corrected chi connectivity index (χ3v) is 3.72. The van der Waals surface area contributed by atoms with Crippen LogP contribution in [0.5, 0.6) is 5.75 Å². The third kappa shape index (κ3) is 3.66. The molecule has 0 aliphatic rings. The molecule has 0 atom stereocenters. The minimum atomic E-state index is -0.663. The zero-order valence-corrected chi connectivity index (χ0v) is 13.8. The second-order valence-corrected chi connectivity index (χ2v) is 5.37. The summed E-state index contributed by atoms with van der Waals surface area (Å²) in [5, 5.41) is 24.2. The van der Waals surface area contributed by atoms with Gasteiger partial charge in [-0.25, -0.2) is 0 Å². The highest BCUT2D eigenvalue weighted by molar-refractivity contribution is 9.10. The van der Waals surface area contributed by atoms with Gasteiger partial charge >= 0.3 is 0 Å². The van der Waals surface area contributed by atoms with Gasteiger partial charge in [0.1, 0.15) is 5.75 Å². The number of methoxy groups -OCH3 is 1. The molecule has 0 aromatic heterocycles. The van der Waals surface area contributed by atoms with Gasteiger partial charge in [0.2, 0.25) is 0 Å². The van der Waals surface area contributed by atoms with Crippen LogP contribution in [0, 0.1) is 20.2 Å². The van der Waals surface area contributed by atoms with Crippen LogP contribution < -0.4 is 10.1 Å². The summed E-state index contributed by atoms with van der Waals surface area (Å²) in [4.78, 5) is 32.8. The molecule has 0 bridgehead atoms. The van der Waals surface area contributed by atoms with Gasteiger partial charge in [0.25, 0.3) is 17.3 Å². The Kier molecular flexibility index (Phi) is 5.09. The van der Waals surface area contributed by atoms with Crippen LogP contribution in [0.3, 0.4) is 0 Å². The number of carbonyl (C=O) groups is 1. The Hall–Kier alpha value is -3.01. The van der Waals surface area contributed by atoms with Crippen molar-refractivity contribution in [1.82, 2.24) is 0 Å². The Morgan fingerprint density at radius 2 is 1.83 bits per heavy atom. The average molecular weight is 396 g/mol. The van der Waals surface area contributed by atoms with Crippen molar-refractivity contribution in [2.24, 2.45) is 0 Å². The minimum absolute atomic E-state index is 0.0264. The number of anilines is 1. The lowest BCUT2D eigenvalue weighted by Crippen LogP contribution is -2.13. The second-order valence-electron chi connectivity index (χ2n) is 4.52. The molecule has 24 heavy (non-hydrogen) atoms. The Bertz CT molecular complexity index is 839. The number of ether oxygens (including phenoxy) is 1. The van der Waals surface area contributed by atoms with E-state index in [0.29, 0.717) is 0 Å². The fourth-order valence-electron chi connectivity index (χ4n) is 1.90. The number of rotatable bonds is 5. The first kappa shape index (κ1) is 17.3. The van der Waals surface area contributed by atoms with Gasteiger partial charge in [-0.3, -0.25) is 25.0 Å². The van der Waals surface area contributed by atoms with Gasteiger partial charge in [-0.05, 0) is 34.1 Å². The Morgan fingerprint density at radius 3 is 2.42 bits per heavy atom. The molecule has 0 radical (unpaired) electrons. The fraction of sp³-hybridized carbons (Fsp3) is 0.0714. The predicted molar refractivity (Wildman–Crippen MR) is 88.4 cm³/mol. The first-order valence-corrected chi connectivity index (χ1v) is 7.20. The summed E-state index contributed by atoms with van der Waals surface area (Å²) in [5.74, 6) is -0.440. The molecule has 0 aliphatic heterocycles. The Balaban J connectivity index is 2.36. The van der Waals surface area contributed by atoms with Crippen molar-refractivity contribution >= 4 is 38.9 Å². The molecule has 0 unspecified atom stereocenters. The maximum atomic E-state index is 12.3. The summed E-state index contributed by atoms with van der Waals surface area (Å²) in [6.45, 7) is 0. The van der Waals surface area contributed by atoms with Crippen LogP contribution in [0.1, 0.15) is 10.4 Å². The molecule has 1 N–H and O–H groups in total. The van der Waals surface area contributed by atoms with Crippen LogP contribution in [-0.4, -0.2) is 22.9 Å².